The molecule has 1 atom stereocenters. The molecule has 0 aliphatic rings. The molecule has 17 heavy (non-hydrogen) atoms. The first-order valence-corrected chi connectivity index (χ1v) is 6.63. The summed E-state index contributed by atoms with van der Waals surface area (Å²) in [6.07, 6.45) is 0.508. The Balaban J connectivity index is 2.62. The largest absolute Gasteiger partial charge is 0.359 e. The van der Waals surface area contributed by atoms with E-state index in [-0.39, 0.29) is 11.9 Å². The number of hydrogen-bond donors (Lipinski definition) is 2. The van der Waals surface area contributed by atoms with Crippen LogP contribution in [0.25, 0.3) is 0 Å². The quantitative estimate of drug-likeness (QED) is 0.801. The van der Waals surface area contributed by atoms with Gasteiger partial charge in [0.1, 0.15) is 0 Å². The Morgan fingerprint density at radius 3 is 2.82 bits per heavy atom. The fraction of sp³-hybridized carbons (Fsp3) is 0.583. The predicted molar refractivity (Wildman–Crippen MR) is 72.2 cm³/mol. The van der Waals surface area contributed by atoms with Crippen LogP contribution in [0.4, 0.5) is 0 Å². The second kappa shape index (κ2) is 6.74. The third-order valence-corrected chi connectivity index (χ3v) is 4.05. The molecule has 4 nitrogen and oxygen atoms in total. The summed E-state index contributed by atoms with van der Waals surface area (Å²) in [4.78, 5) is 14.7. The van der Waals surface area contributed by atoms with Crippen molar-refractivity contribution in [2.24, 2.45) is 5.73 Å². The molecule has 0 aliphatic heterocycles. The molecule has 1 unspecified atom stereocenters. The van der Waals surface area contributed by atoms with Gasteiger partial charge in [0.05, 0.1) is 6.04 Å². The lowest BCUT2D eigenvalue weighted by molar-refractivity contribution is -0.120. The predicted octanol–water partition coefficient (Wildman–Crippen LogP) is 1.12. The molecular formula is C12H21N3OS. The topological polar surface area (TPSA) is 58.4 Å². The van der Waals surface area contributed by atoms with Gasteiger partial charge in [-0.05, 0) is 31.0 Å². The number of aryl methyl sites for hydroxylation is 1. The SMILES string of the molecule is CNC(=O)CCN(C)C(CN)c1sccc1C. The fourth-order valence-electron chi connectivity index (χ4n) is 1.77. The lowest BCUT2D eigenvalue weighted by Crippen LogP contribution is -2.33. The van der Waals surface area contributed by atoms with E-state index in [1.807, 2.05) is 7.05 Å². The van der Waals surface area contributed by atoms with Crippen LogP contribution in [0.15, 0.2) is 11.4 Å². The number of nitrogens with two attached hydrogens (primary N) is 1. The van der Waals surface area contributed by atoms with Crippen LogP contribution in [-0.2, 0) is 4.79 Å². The number of likely N-dealkylation sites (N-methyl/N-ethyl adjacent to an activating group) is 1. The summed E-state index contributed by atoms with van der Waals surface area (Å²) in [6, 6.07) is 2.31. The Morgan fingerprint density at radius 1 is 1.65 bits per heavy atom. The van der Waals surface area contributed by atoms with Crippen molar-refractivity contribution in [3.8, 4) is 0 Å². The highest BCUT2D eigenvalue weighted by molar-refractivity contribution is 7.10. The molecule has 1 aromatic rings. The Morgan fingerprint density at radius 2 is 2.35 bits per heavy atom. The number of carbonyl (C=O) groups is 1. The summed E-state index contributed by atoms with van der Waals surface area (Å²) in [5.74, 6) is 0.0653. The summed E-state index contributed by atoms with van der Waals surface area (Å²) in [6.45, 7) is 3.39. The van der Waals surface area contributed by atoms with Crippen LogP contribution in [0.5, 0.6) is 0 Å². The van der Waals surface area contributed by atoms with Crippen molar-refractivity contribution < 1.29 is 4.79 Å². The van der Waals surface area contributed by atoms with E-state index in [1.165, 1.54) is 10.4 Å². The highest BCUT2D eigenvalue weighted by Gasteiger charge is 2.18. The van der Waals surface area contributed by atoms with Crippen molar-refractivity contribution in [1.82, 2.24) is 10.2 Å². The minimum absolute atomic E-state index is 0.0653. The highest BCUT2D eigenvalue weighted by Crippen LogP contribution is 2.27. The van der Waals surface area contributed by atoms with Crippen LogP contribution in [-0.4, -0.2) is 38.0 Å². The van der Waals surface area contributed by atoms with E-state index in [1.54, 1.807) is 18.4 Å². The fourth-order valence-corrected chi connectivity index (χ4v) is 2.88. The molecule has 5 heteroatoms. The van der Waals surface area contributed by atoms with Crippen LogP contribution < -0.4 is 11.1 Å². The van der Waals surface area contributed by atoms with Crippen LogP contribution in [0, 0.1) is 6.92 Å². The van der Waals surface area contributed by atoms with Crippen molar-refractivity contribution >= 4 is 17.2 Å². The normalized spacial score (nSPS) is 12.8. The number of nitrogens with one attached hydrogen (secondary N) is 1. The Hall–Kier alpha value is -0.910. The van der Waals surface area contributed by atoms with Crippen molar-refractivity contribution in [3.05, 3.63) is 21.9 Å². The van der Waals surface area contributed by atoms with E-state index in [2.05, 4.69) is 28.6 Å². The van der Waals surface area contributed by atoms with Gasteiger partial charge >= 0.3 is 0 Å². The van der Waals surface area contributed by atoms with Gasteiger partial charge in [-0.2, -0.15) is 0 Å². The van der Waals surface area contributed by atoms with Crippen LogP contribution in [0.2, 0.25) is 0 Å². The van der Waals surface area contributed by atoms with Gasteiger partial charge in [0, 0.05) is 31.4 Å². The smallest absolute Gasteiger partial charge is 0.221 e. The first-order chi connectivity index (χ1) is 8.10. The van der Waals surface area contributed by atoms with Gasteiger partial charge in [0.15, 0.2) is 0 Å². The average Bonchev–Trinajstić information content (AvgIpc) is 2.73. The second-order valence-corrected chi connectivity index (χ2v) is 5.07. The zero-order valence-corrected chi connectivity index (χ0v) is 11.5. The molecule has 0 saturated carbocycles. The Kier molecular flexibility index (Phi) is 5.61. The number of amides is 1. The van der Waals surface area contributed by atoms with Crippen molar-refractivity contribution in [2.75, 3.05) is 27.2 Å². The first kappa shape index (κ1) is 14.2. The zero-order valence-electron chi connectivity index (χ0n) is 10.7. The molecule has 1 amide bonds. The molecule has 0 aliphatic carbocycles. The first-order valence-electron chi connectivity index (χ1n) is 5.75. The lowest BCUT2D eigenvalue weighted by Gasteiger charge is -2.26. The second-order valence-electron chi connectivity index (χ2n) is 4.12. The van der Waals surface area contributed by atoms with E-state index in [0.717, 1.165) is 6.54 Å². The number of carbonyl (C=O) groups excluding carboxylic acids is 1. The molecule has 0 fully saturated rings. The molecule has 0 aromatic carbocycles. The molecule has 0 bridgehead atoms. The molecule has 3 N–H and O–H groups in total. The number of thiophene rings is 1. The Bertz CT molecular complexity index is 364. The van der Waals surface area contributed by atoms with E-state index in [0.29, 0.717) is 13.0 Å². The average molecular weight is 255 g/mol. The van der Waals surface area contributed by atoms with Gasteiger partial charge in [-0.25, -0.2) is 0 Å². The summed E-state index contributed by atoms with van der Waals surface area (Å²) >= 11 is 1.73. The molecule has 0 saturated heterocycles. The van der Waals surface area contributed by atoms with Crippen molar-refractivity contribution in [1.29, 1.82) is 0 Å². The van der Waals surface area contributed by atoms with E-state index in [9.17, 15) is 4.79 Å². The van der Waals surface area contributed by atoms with E-state index in [4.69, 9.17) is 5.73 Å². The van der Waals surface area contributed by atoms with Gasteiger partial charge in [0.25, 0.3) is 0 Å². The van der Waals surface area contributed by atoms with Crippen LogP contribution >= 0.6 is 11.3 Å². The molecule has 0 radical (unpaired) electrons. The molecule has 1 aromatic heterocycles. The Labute approximate surface area is 107 Å². The van der Waals surface area contributed by atoms with Crippen LogP contribution in [0.3, 0.4) is 0 Å². The maximum atomic E-state index is 11.2. The third kappa shape index (κ3) is 3.80. The minimum Gasteiger partial charge on any atom is -0.359 e. The standard InChI is InChI=1S/C12H21N3OS/c1-9-5-7-17-12(9)10(8-13)15(3)6-4-11(16)14-2/h5,7,10H,4,6,8,13H2,1-3H3,(H,14,16). The summed E-state index contributed by atoms with van der Waals surface area (Å²) in [7, 11) is 3.67. The van der Waals surface area contributed by atoms with Gasteiger partial charge in [-0.3, -0.25) is 9.69 Å². The van der Waals surface area contributed by atoms with Gasteiger partial charge in [-0.1, -0.05) is 0 Å². The maximum absolute atomic E-state index is 11.2. The molecular weight excluding hydrogens is 234 g/mol. The molecule has 0 spiro atoms. The van der Waals surface area contributed by atoms with Crippen molar-refractivity contribution in [3.63, 3.8) is 0 Å². The molecule has 1 heterocycles. The maximum Gasteiger partial charge on any atom is 0.221 e. The third-order valence-electron chi connectivity index (χ3n) is 2.93. The van der Waals surface area contributed by atoms with Gasteiger partial charge in [-0.15, -0.1) is 11.3 Å². The monoisotopic (exact) mass is 255 g/mol. The number of rotatable bonds is 6. The lowest BCUT2D eigenvalue weighted by atomic mass is 10.1. The number of nitrogens with zero attached hydrogens (tertiary/aromatic N) is 1. The van der Waals surface area contributed by atoms with E-state index >= 15 is 0 Å². The van der Waals surface area contributed by atoms with Crippen molar-refractivity contribution in [2.45, 2.75) is 19.4 Å². The summed E-state index contributed by atoms with van der Waals surface area (Å²) in [5, 5.41) is 4.71. The summed E-state index contributed by atoms with van der Waals surface area (Å²) in [5.41, 5.74) is 7.11. The zero-order chi connectivity index (χ0) is 12.8. The van der Waals surface area contributed by atoms with Gasteiger partial charge < -0.3 is 11.1 Å². The minimum atomic E-state index is 0.0653. The van der Waals surface area contributed by atoms with E-state index < -0.39 is 0 Å². The molecule has 96 valence electrons. The van der Waals surface area contributed by atoms with Gasteiger partial charge in [0.2, 0.25) is 5.91 Å². The summed E-state index contributed by atoms with van der Waals surface area (Å²) < 4.78 is 0. The number of hydrogen-bond acceptors (Lipinski definition) is 4. The highest BCUT2D eigenvalue weighted by atomic mass is 32.1. The van der Waals surface area contributed by atoms with Crippen LogP contribution in [0.1, 0.15) is 22.9 Å². The molecule has 1 rings (SSSR count).